The Morgan fingerprint density at radius 1 is 1.12 bits per heavy atom. The summed E-state index contributed by atoms with van der Waals surface area (Å²) in [6.45, 7) is 1.65. The molecule has 0 aromatic carbocycles. The highest BCUT2D eigenvalue weighted by Gasteiger charge is 2.58. The largest absolute Gasteiger partial charge is 0.438 e. The maximum atomic E-state index is 13.0. The Balaban J connectivity index is 2.01. The molecule has 3 rings (SSSR count). The van der Waals surface area contributed by atoms with E-state index in [4.69, 9.17) is 4.74 Å². The van der Waals surface area contributed by atoms with Gasteiger partial charge in [-0.3, -0.25) is 9.69 Å². The third-order valence-electron chi connectivity index (χ3n) is 5.54. The number of ether oxygens (including phenoxy) is 1. The molecule has 2 atom stereocenters. The Morgan fingerprint density at radius 3 is 2.32 bits per heavy atom. The molecule has 9 heteroatoms. The van der Waals surface area contributed by atoms with Crippen molar-refractivity contribution in [3.63, 3.8) is 0 Å². The Kier molecular flexibility index (Phi) is 4.17. The fraction of sp³-hybridized carbons (Fsp3) is 0.688. The maximum Gasteiger partial charge on any atom is 0.351 e. The molecule has 0 aromatic heterocycles. The quantitative estimate of drug-likeness (QED) is 0.505. The van der Waals surface area contributed by atoms with Gasteiger partial charge in [-0.2, -0.15) is 0 Å². The van der Waals surface area contributed by atoms with E-state index in [1.807, 2.05) is 0 Å². The summed E-state index contributed by atoms with van der Waals surface area (Å²) in [7, 11) is -1.11. The summed E-state index contributed by atoms with van der Waals surface area (Å²) < 4.78 is 31.3. The molecule has 0 aromatic rings. The van der Waals surface area contributed by atoms with Crippen molar-refractivity contribution >= 4 is 27.7 Å². The monoisotopic (exact) mass is 370 g/mol. The number of hydrogen-bond donors (Lipinski definition) is 0. The van der Waals surface area contributed by atoms with E-state index < -0.39 is 49.5 Å². The number of esters is 1. The van der Waals surface area contributed by atoms with E-state index in [2.05, 4.69) is 0 Å². The van der Waals surface area contributed by atoms with Gasteiger partial charge in [-0.15, -0.1) is 0 Å². The van der Waals surface area contributed by atoms with Crippen molar-refractivity contribution in [2.45, 2.75) is 50.0 Å². The first-order chi connectivity index (χ1) is 11.6. The highest BCUT2D eigenvalue weighted by Crippen LogP contribution is 2.45. The van der Waals surface area contributed by atoms with Gasteiger partial charge in [-0.25, -0.2) is 18.0 Å². The number of sulfone groups is 1. The SMILES string of the molecule is CC1C(/C=C2\C(=O)OC3(CCCCC3)S2(=O)=O)C(=O)N(C)C(=O)N1C. The lowest BCUT2D eigenvalue weighted by Gasteiger charge is -2.39. The number of hydrogen-bond acceptors (Lipinski definition) is 6. The summed E-state index contributed by atoms with van der Waals surface area (Å²) in [6.07, 6.45) is 4.00. The molecule has 1 spiro atoms. The molecule has 25 heavy (non-hydrogen) atoms. The average molecular weight is 370 g/mol. The first-order valence-corrected chi connectivity index (χ1v) is 9.85. The van der Waals surface area contributed by atoms with E-state index in [0.717, 1.165) is 11.3 Å². The summed E-state index contributed by atoms with van der Waals surface area (Å²) in [5.41, 5.74) is 0. The fourth-order valence-electron chi connectivity index (χ4n) is 3.75. The molecule has 2 aliphatic heterocycles. The Bertz CT molecular complexity index is 765. The second-order valence-corrected chi connectivity index (χ2v) is 9.14. The van der Waals surface area contributed by atoms with E-state index in [1.54, 1.807) is 6.92 Å². The number of imide groups is 1. The highest BCUT2D eigenvalue weighted by atomic mass is 32.2. The summed E-state index contributed by atoms with van der Waals surface area (Å²) in [6, 6.07) is -1.03. The van der Waals surface area contributed by atoms with E-state index >= 15 is 0 Å². The van der Waals surface area contributed by atoms with Gasteiger partial charge >= 0.3 is 12.0 Å². The lowest BCUT2D eigenvalue weighted by atomic mass is 9.95. The Hall–Kier alpha value is -1.90. The molecule has 138 valence electrons. The normalized spacial score (nSPS) is 33.2. The van der Waals surface area contributed by atoms with Crippen LogP contribution in [0.5, 0.6) is 0 Å². The Labute approximate surface area is 146 Å². The molecule has 0 bridgehead atoms. The zero-order chi connectivity index (χ0) is 18.6. The fourth-order valence-corrected chi connectivity index (χ4v) is 5.75. The molecule has 3 amide bonds. The van der Waals surface area contributed by atoms with E-state index in [1.165, 1.54) is 25.1 Å². The summed E-state index contributed by atoms with van der Waals surface area (Å²) in [4.78, 5) is 37.1. The number of amides is 3. The first kappa shape index (κ1) is 17.9. The minimum Gasteiger partial charge on any atom is -0.438 e. The second-order valence-electron chi connectivity index (χ2n) is 6.95. The van der Waals surface area contributed by atoms with Crippen molar-refractivity contribution in [2.75, 3.05) is 14.1 Å². The van der Waals surface area contributed by atoms with Crippen LogP contribution in [0.2, 0.25) is 0 Å². The van der Waals surface area contributed by atoms with Crippen LogP contribution in [0.1, 0.15) is 39.0 Å². The third kappa shape index (κ3) is 2.47. The molecular formula is C16H22N2O6S. The van der Waals surface area contributed by atoms with Gasteiger partial charge in [-0.05, 0) is 25.8 Å². The molecule has 2 saturated heterocycles. The van der Waals surface area contributed by atoms with Crippen LogP contribution in [0.3, 0.4) is 0 Å². The van der Waals surface area contributed by atoms with E-state index in [-0.39, 0.29) is 12.8 Å². The minimum atomic E-state index is -3.98. The number of nitrogens with zero attached hydrogens (tertiary/aromatic N) is 2. The van der Waals surface area contributed by atoms with Crippen LogP contribution in [0.4, 0.5) is 4.79 Å². The van der Waals surface area contributed by atoms with Crippen molar-refractivity contribution in [1.82, 2.24) is 9.80 Å². The predicted octanol–water partition coefficient (Wildman–Crippen LogP) is 1.03. The molecule has 2 heterocycles. The number of carbonyl (C=O) groups excluding carboxylic acids is 3. The van der Waals surface area contributed by atoms with Gasteiger partial charge in [-0.1, -0.05) is 6.42 Å². The molecule has 0 N–H and O–H groups in total. The van der Waals surface area contributed by atoms with Gasteiger partial charge in [0.2, 0.25) is 20.7 Å². The highest BCUT2D eigenvalue weighted by molar-refractivity contribution is 7.97. The summed E-state index contributed by atoms with van der Waals surface area (Å²) in [5, 5.41) is 0. The van der Waals surface area contributed by atoms with Gasteiger partial charge in [0.1, 0.15) is 0 Å². The Morgan fingerprint density at radius 2 is 1.72 bits per heavy atom. The van der Waals surface area contributed by atoms with Crippen molar-refractivity contribution in [3.8, 4) is 0 Å². The van der Waals surface area contributed by atoms with Gasteiger partial charge in [0.25, 0.3) is 0 Å². The maximum absolute atomic E-state index is 13.0. The van der Waals surface area contributed by atoms with Crippen molar-refractivity contribution < 1.29 is 27.5 Å². The van der Waals surface area contributed by atoms with Crippen LogP contribution >= 0.6 is 0 Å². The molecule has 3 aliphatic rings. The van der Waals surface area contributed by atoms with Gasteiger partial charge in [0, 0.05) is 33.0 Å². The molecule has 8 nitrogen and oxygen atoms in total. The number of rotatable bonds is 1. The molecular weight excluding hydrogens is 348 g/mol. The van der Waals surface area contributed by atoms with Crippen LogP contribution in [0, 0.1) is 5.92 Å². The average Bonchev–Trinajstić information content (AvgIpc) is 2.75. The lowest BCUT2D eigenvalue weighted by molar-refractivity contribution is -0.145. The van der Waals surface area contributed by atoms with Gasteiger partial charge < -0.3 is 9.64 Å². The van der Waals surface area contributed by atoms with Crippen molar-refractivity contribution in [1.29, 1.82) is 0 Å². The van der Waals surface area contributed by atoms with E-state index in [9.17, 15) is 22.8 Å². The molecule has 1 saturated carbocycles. The molecule has 0 radical (unpaired) electrons. The first-order valence-electron chi connectivity index (χ1n) is 8.36. The van der Waals surface area contributed by atoms with Crippen molar-refractivity contribution in [3.05, 3.63) is 11.0 Å². The minimum absolute atomic E-state index is 0.283. The zero-order valence-electron chi connectivity index (χ0n) is 14.5. The van der Waals surface area contributed by atoms with E-state index in [0.29, 0.717) is 12.8 Å². The van der Waals surface area contributed by atoms with Crippen LogP contribution in [0.25, 0.3) is 0 Å². The topological polar surface area (TPSA) is 101 Å². The van der Waals surface area contributed by atoms with Crippen molar-refractivity contribution in [2.24, 2.45) is 5.92 Å². The zero-order valence-corrected chi connectivity index (χ0v) is 15.3. The predicted molar refractivity (Wildman–Crippen MR) is 87.8 cm³/mol. The van der Waals surface area contributed by atoms with Crippen LogP contribution < -0.4 is 0 Å². The summed E-state index contributed by atoms with van der Waals surface area (Å²) >= 11 is 0. The van der Waals surface area contributed by atoms with Crippen LogP contribution in [-0.2, 0) is 24.2 Å². The number of carbonyl (C=O) groups is 3. The molecule has 1 aliphatic carbocycles. The second kappa shape index (κ2) is 5.82. The third-order valence-corrected chi connectivity index (χ3v) is 7.89. The standard InChI is InChI=1S/C16H22N2O6S/c1-10-11(13(19)18(3)15(21)17(10)2)9-12-14(20)24-16(25(12,22)23)7-5-4-6-8-16/h9-11H,4-8H2,1-3H3/b12-9+. The summed E-state index contributed by atoms with van der Waals surface area (Å²) in [5.74, 6) is -2.34. The molecule has 2 unspecified atom stereocenters. The van der Waals surface area contributed by atoms with Gasteiger partial charge in [0.15, 0.2) is 4.91 Å². The number of urea groups is 1. The van der Waals surface area contributed by atoms with Gasteiger partial charge in [0.05, 0.1) is 5.92 Å². The molecule has 3 fully saturated rings. The lowest BCUT2D eigenvalue weighted by Crippen LogP contribution is -2.57. The van der Waals surface area contributed by atoms with Crippen LogP contribution in [-0.4, -0.2) is 61.2 Å². The smallest absolute Gasteiger partial charge is 0.351 e. The van der Waals surface area contributed by atoms with Crippen LogP contribution in [0.15, 0.2) is 11.0 Å².